The van der Waals surface area contributed by atoms with Gasteiger partial charge in [0.1, 0.15) is 5.76 Å². The molecule has 1 aliphatic heterocycles. The summed E-state index contributed by atoms with van der Waals surface area (Å²) in [7, 11) is 3.24. The number of methoxy groups -OCH3 is 1. The maximum absolute atomic E-state index is 11.9. The fourth-order valence-electron chi connectivity index (χ4n) is 2.10. The summed E-state index contributed by atoms with van der Waals surface area (Å²) in [6.45, 7) is 4.63. The average molecular weight is 269 g/mol. The van der Waals surface area contributed by atoms with Gasteiger partial charge in [0.25, 0.3) is 0 Å². The summed E-state index contributed by atoms with van der Waals surface area (Å²) in [6, 6.07) is 1.37. The molecule has 1 aromatic heterocycles. The van der Waals surface area contributed by atoms with Crippen LogP contribution < -0.4 is 4.90 Å². The predicted molar refractivity (Wildman–Crippen MR) is 67.9 cm³/mol. The highest BCUT2D eigenvalue weighted by Gasteiger charge is 2.38. The maximum Gasteiger partial charge on any atom is 0.327 e. The number of aliphatic hydroxyl groups is 1. The number of ether oxygens (including phenoxy) is 1. The van der Waals surface area contributed by atoms with Gasteiger partial charge in [-0.05, 0) is 0 Å². The quantitative estimate of drug-likeness (QED) is 0.874. The van der Waals surface area contributed by atoms with Crippen LogP contribution in [0.3, 0.4) is 0 Å². The highest BCUT2D eigenvalue weighted by atomic mass is 16.5. The lowest BCUT2D eigenvalue weighted by Crippen LogP contribution is -2.34. The minimum atomic E-state index is -0.902. The van der Waals surface area contributed by atoms with E-state index in [1.807, 2.05) is 13.8 Å². The number of nitrogens with zero attached hydrogens (tertiary/aromatic N) is 3. The number of aliphatic hydroxyl groups excluding tert-OH is 1. The molecule has 0 saturated carbocycles. The van der Waals surface area contributed by atoms with Crippen molar-refractivity contribution >= 4 is 11.8 Å². The van der Waals surface area contributed by atoms with Crippen molar-refractivity contribution in [3.8, 4) is 0 Å². The summed E-state index contributed by atoms with van der Waals surface area (Å²) in [6.07, 6.45) is -0.902. The van der Waals surface area contributed by atoms with E-state index in [1.54, 1.807) is 20.2 Å². The third-order valence-corrected chi connectivity index (χ3v) is 3.18. The van der Waals surface area contributed by atoms with Gasteiger partial charge in [-0.3, -0.25) is 0 Å². The third-order valence-electron chi connectivity index (χ3n) is 3.18. The van der Waals surface area contributed by atoms with Crippen LogP contribution in [-0.2, 0) is 10.2 Å². The Kier molecular flexibility index (Phi) is 3.51. The molecule has 1 saturated heterocycles. The number of carbonyl (C=O) groups is 1. The zero-order chi connectivity index (χ0) is 14.2. The Balaban J connectivity index is 2.24. The van der Waals surface area contributed by atoms with Gasteiger partial charge in [0.05, 0.1) is 13.2 Å². The number of likely N-dealkylation sites (N-methyl/N-ethyl adjacent to an activating group) is 1. The molecule has 1 aromatic rings. The van der Waals surface area contributed by atoms with E-state index in [0.717, 1.165) is 0 Å². The highest BCUT2D eigenvalue weighted by molar-refractivity contribution is 5.93. The first-order valence-corrected chi connectivity index (χ1v) is 6.05. The second-order valence-corrected chi connectivity index (χ2v) is 5.38. The Labute approximate surface area is 111 Å². The number of anilines is 1. The molecule has 0 aromatic carbocycles. The molecule has 2 heterocycles. The van der Waals surface area contributed by atoms with Crippen molar-refractivity contribution in [2.45, 2.75) is 25.5 Å². The van der Waals surface area contributed by atoms with E-state index in [4.69, 9.17) is 9.26 Å². The number of hydrogen-bond acceptors (Lipinski definition) is 5. The maximum atomic E-state index is 11.9. The Bertz CT molecular complexity index is 471. The van der Waals surface area contributed by atoms with Crippen molar-refractivity contribution in [3.63, 3.8) is 0 Å². The number of hydrogen-bond donors (Lipinski definition) is 1. The lowest BCUT2D eigenvalue weighted by Gasteiger charge is -2.19. The highest BCUT2D eigenvalue weighted by Crippen LogP contribution is 2.29. The topological polar surface area (TPSA) is 79.0 Å². The van der Waals surface area contributed by atoms with Crippen LogP contribution in [0.4, 0.5) is 10.6 Å². The van der Waals surface area contributed by atoms with Gasteiger partial charge in [-0.15, -0.1) is 0 Å². The SMILES string of the molecule is COCC(C)(C)c1cc(N2C(=O)N(C)CC2O)no1. The molecule has 1 N–H and O–H groups in total. The monoisotopic (exact) mass is 269 g/mol. The van der Waals surface area contributed by atoms with Crippen molar-refractivity contribution in [2.24, 2.45) is 0 Å². The van der Waals surface area contributed by atoms with Crippen LogP contribution in [0.1, 0.15) is 19.6 Å². The summed E-state index contributed by atoms with van der Waals surface area (Å²) in [5, 5.41) is 13.7. The van der Waals surface area contributed by atoms with E-state index >= 15 is 0 Å². The third kappa shape index (κ3) is 2.43. The Morgan fingerprint density at radius 2 is 2.32 bits per heavy atom. The van der Waals surface area contributed by atoms with Gasteiger partial charge in [0, 0.05) is 25.6 Å². The zero-order valence-corrected chi connectivity index (χ0v) is 11.6. The molecule has 0 aliphatic carbocycles. The fraction of sp³-hybridized carbons (Fsp3) is 0.667. The summed E-state index contributed by atoms with van der Waals surface area (Å²) in [5.74, 6) is 0.930. The normalized spacial score (nSPS) is 20.5. The van der Waals surface area contributed by atoms with Gasteiger partial charge < -0.3 is 19.3 Å². The van der Waals surface area contributed by atoms with Crippen molar-refractivity contribution in [1.82, 2.24) is 10.1 Å². The van der Waals surface area contributed by atoms with E-state index in [0.29, 0.717) is 18.2 Å². The largest absolute Gasteiger partial charge is 0.384 e. The molecular formula is C12H19N3O4. The molecular weight excluding hydrogens is 250 g/mol. The Hall–Kier alpha value is -1.60. The Morgan fingerprint density at radius 3 is 2.84 bits per heavy atom. The molecule has 106 valence electrons. The second kappa shape index (κ2) is 4.82. The first kappa shape index (κ1) is 13.8. The van der Waals surface area contributed by atoms with Crippen molar-refractivity contribution in [1.29, 1.82) is 0 Å². The molecule has 0 spiro atoms. The number of carbonyl (C=O) groups excluding carboxylic acids is 1. The molecule has 2 rings (SSSR count). The molecule has 0 radical (unpaired) electrons. The number of urea groups is 1. The van der Waals surface area contributed by atoms with Crippen LogP contribution in [0.5, 0.6) is 0 Å². The van der Waals surface area contributed by atoms with Gasteiger partial charge in [-0.2, -0.15) is 0 Å². The summed E-state index contributed by atoms with van der Waals surface area (Å²) < 4.78 is 10.4. The van der Waals surface area contributed by atoms with Crippen LogP contribution in [0.25, 0.3) is 0 Å². The average Bonchev–Trinajstić information content (AvgIpc) is 2.86. The molecule has 1 atom stereocenters. The van der Waals surface area contributed by atoms with Crippen LogP contribution in [0.15, 0.2) is 10.6 Å². The molecule has 0 bridgehead atoms. The predicted octanol–water partition coefficient (Wildman–Crippen LogP) is 0.789. The molecule has 1 fully saturated rings. The fourth-order valence-corrected chi connectivity index (χ4v) is 2.10. The van der Waals surface area contributed by atoms with Crippen LogP contribution in [-0.4, -0.2) is 54.7 Å². The molecule has 19 heavy (non-hydrogen) atoms. The van der Waals surface area contributed by atoms with Crippen molar-refractivity contribution in [3.05, 3.63) is 11.8 Å². The van der Waals surface area contributed by atoms with Gasteiger partial charge in [-0.1, -0.05) is 19.0 Å². The standard InChI is InChI=1S/C12H19N3O4/c1-12(2,7-18-4)8-5-9(13-19-8)15-10(16)6-14(3)11(15)17/h5,10,16H,6-7H2,1-4H3. The van der Waals surface area contributed by atoms with Crippen LogP contribution >= 0.6 is 0 Å². The minimum absolute atomic E-state index is 0.252. The summed E-state index contributed by atoms with van der Waals surface area (Å²) >= 11 is 0. The minimum Gasteiger partial charge on any atom is -0.384 e. The van der Waals surface area contributed by atoms with E-state index in [9.17, 15) is 9.90 Å². The summed E-state index contributed by atoms with van der Waals surface area (Å²) in [4.78, 5) is 14.5. The number of β-amino-alcohol motifs (C(OH)–C–C–N with tert-alkyl or cyclic N) is 1. The molecule has 1 aliphatic rings. The molecule has 7 heteroatoms. The van der Waals surface area contributed by atoms with E-state index < -0.39 is 6.23 Å². The van der Waals surface area contributed by atoms with E-state index in [-0.39, 0.29) is 18.0 Å². The summed E-state index contributed by atoms with van der Waals surface area (Å²) in [5.41, 5.74) is -0.348. The zero-order valence-electron chi connectivity index (χ0n) is 11.6. The van der Waals surface area contributed by atoms with E-state index in [1.165, 1.54) is 9.80 Å². The van der Waals surface area contributed by atoms with Crippen molar-refractivity contribution < 1.29 is 19.2 Å². The number of amides is 2. The second-order valence-electron chi connectivity index (χ2n) is 5.38. The lowest BCUT2D eigenvalue weighted by atomic mass is 9.91. The molecule has 1 unspecified atom stereocenters. The molecule has 7 nitrogen and oxygen atoms in total. The van der Waals surface area contributed by atoms with Gasteiger partial charge in [0.2, 0.25) is 0 Å². The lowest BCUT2D eigenvalue weighted by molar-refractivity contribution is 0.129. The number of rotatable bonds is 4. The number of aromatic nitrogens is 1. The van der Waals surface area contributed by atoms with Gasteiger partial charge in [-0.25, -0.2) is 9.69 Å². The van der Waals surface area contributed by atoms with Gasteiger partial charge >= 0.3 is 6.03 Å². The van der Waals surface area contributed by atoms with E-state index in [2.05, 4.69) is 5.16 Å². The first-order valence-electron chi connectivity index (χ1n) is 6.05. The van der Waals surface area contributed by atoms with Gasteiger partial charge in [0.15, 0.2) is 12.0 Å². The Morgan fingerprint density at radius 1 is 1.63 bits per heavy atom. The smallest absolute Gasteiger partial charge is 0.327 e. The van der Waals surface area contributed by atoms with Crippen LogP contribution in [0, 0.1) is 0 Å². The van der Waals surface area contributed by atoms with Crippen LogP contribution in [0.2, 0.25) is 0 Å². The molecule has 2 amide bonds. The van der Waals surface area contributed by atoms with Crippen molar-refractivity contribution in [2.75, 3.05) is 32.2 Å². The first-order chi connectivity index (χ1) is 8.86.